The number of nitrogens with one attached hydrogen (secondary N) is 1. The van der Waals surface area contributed by atoms with E-state index in [0.29, 0.717) is 18.8 Å². The van der Waals surface area contributed by atoms with E-state index in [9.17, 15) is 10.1 Å². The van der Waals surface area contributed by atoms with Gasteiger partial charge in [-0.3, -0.25) is 10.1 Å². The maximum absolute atomic E-state index is 10.9. The lowest BCUT2D eigenvalue weighted by Gasteiger charge is -2.09. The second kappa shape index (κ2) is 7.64. The summed E-state index contributed by atoms with van der Waals surface area (Å²) in [6.45, 7) is 1.16. The molecule has 2 rings (SSSR count). The zero-order chi connectivity index (χ0) is 15.1. The van der Waals surface area contributed by atoms with E-state index in [4.69, 9.17) is 4.74 Å². The Hall–Kier alpha value is -2.08. The van der Waals surface area contributed by atoms with E-state index in [1.54, 1.807) is 12.1 Å². The number of rotatable bonds is 7. The Kier molecular flexibility index (Phi) is 5.57. The molecule has 1 N–H and O–H groups in total. The zero-order valence-corrected chi connectivity index (χ0v) is 12.9. The van der Waals surface area contributed by atoms with Gasteiger partial charge in [0.1, 0.15) is 11.4 Å². The lowest BCUT2D eigenvalue weighted by atomic mass is 10.2. The zero-order valence-electron chi connectivity index (χ0n) is 11.3. The van der Waals surface area contributed by atoms with E-state index in [2.05, 4.69) is 21.2 Å². The Labute approximate surface area is 131 Å². The molecule has 0 aromatic heterocycles. The van der Waals surface area contributed by atoms with Crippen LogP contribution < -0.4 is 10.1 Å². The number of anilines is 1. The van der Waals surface area contributed by atoms with Crippen molar-refractivity contribution in [2.45, 2.75) is 6.42 Å². The Bertz CT molecular complexity index is 605. The summed E-state index contributed by atoms with van der Waals surface area (Å²) < 4.78 is 6.36. The number of ether oxygens (including phenoxy) is 1. The maximum Gasteiger partial charge on any atom is 0.292 e. The van der Waals surface area contributed by atoms with Gasteiger partial charge in [-0.25, -0.2) is 0 Å². The first kappa shape index (κ1) is 15.3. The summed E-state index contributed by atoms with van der Waals surface area (Å²) in [5.41, 5.74) is 0.580. The van der Waals surface area contributed by atoms with Crippen molar-refractivity contribution in [3.63, 3.8) is 0 Å². The van der Waals surface area contributed by atoms with Crippen LogP contribution in [0.25, 0.3) is 0 Å². The van der Waals surface area contributed by atoms with Crippen LogP contribution in [0.5, 0.6) is 5.75 Å². The van der Waals surface area contributed by atoms with Crippen LogP contribution in [0, 0.1) is 10.1 Å². The van der Waals surface area contributed by atoms with Crippen molar-refractivity contribution < 1.29 is 9.66 Å². The van der Waals surface area contributed by atoms with E-state index < -0.39 is 4.92 Å². The number of hydrogen-bond acceptors (Lipinski definition) is 4. The third-order valence-electron chi connectivity index (χ3n) is 2.80. The first-order valence-corrected chi connectivity index (χ1v) is 7.32. The minimum atomic E-state index is -0.394. The highest BCUT2D eigenvalue weighted by atomic mass is 79.9. The number of nitro groups is 1. The Morgan fingerprint density at radius 1 is 1.19 bits per heavy atom. The summed E-state index contributed by atoms with van der Waals surface area (Å²) >= 11 is 3.31. The van der Waals surface area contributed by atoms with Crippen molar-refractivity contribution in [1.29, 1.82) is 0 Å². The van der Waals surface area contributed by atoms with Crippen LogP contribution in [-0.2, 0) is 0 Å². The Morgan fingerprint density at radius 2 is 1.95 bits per heavy atom. The smallest absolute Gasteiger partial charge is 0.292 e. The molecule has 0 aliphatic carbocycles. The third-order valence-corrected chi connectivity index (χ3v) is 3.30. The first-order valence-electron chi connectivity index (χ1n) is 6.52. The van der Waals surface area contributed by atoms with E-state index >= 15 is 0 Å². The molecule has 0 unspecified atom stereocenters. The number of benzene rings is 2. The highest BCUT2D eigenvalue weighted by Gasteiger charge is 2.12. The lowest BCUT2D eigenvalue weighted by Crippen LogP contribution is -2.08. The molecule has 0 spiro atoms. The van der Waals surface area contributed by atoms with Gasteiger partial charge in [0.05, 0.1) is 11.5 Å². The predicted octanol–water partition coefficient (Wildman–Crippen LogP) is 4.24. The molecule has 0 fully saturated rings. The van der Waals surface area contributed by atoms with Gasteiger partial charge in [-0.15, -0.1) is 0 Å². The van der Waals surface area contributed by atoms with Crippen LogP contribution in [0.3, 0.4) is 0 Å². The molecule has 0 amide bonds. The molecule has 0 saturated heterocycles. The molecule has 2 aromatic rings. The number of nitrogens with zero attached hydrogens (tertiary/aromatic N) is 1. The second-order valence-electron chi connectivity index (χ2n) is 4.36. The standard InChI is InChI=1S/C15H15BrN2O3/c16-12-7-8-15(18(19)20)14(11-12)17-9-4-10-21-13-5-2-1-3-6-13/h1-3,5-8,11,17H,4,9-10H2. The molecule has 0 radical (unpaired) electrons. The number of nitro benzene ring substituents is 1. The fraction of sp³-hybridized carbons (Fsp3) is 0.200. The van der Waals surface area contributed by atoms with Crippen LogP contribution in [0.4, 0.5) is 11.4 Å². The van der Waals surface area contributed by atoms with Gasteiger partial charge in [0.25, 0.3) is 5.69 Å². The van der Waals surface area contributed by atoms with Crippen LogP contribution in [0.15, 0.2) is 53.0 Å². The highest BCUT2D eigenvalue weighted by Crippen LogP contribution is 2.27. The quantitative estimate of drug-likeness (QED) is 0.460. The normalized spacial score (nSPS) is 10.1. The van der Waals surface area contributed by atoms with Crippen LogP contribution in [0.1, 0.15) is 6.42 Å². The summed E-state index contributed by atoms with van der Waals surface area (Å²) in [4.78, 5) is 10.5. The van der Waals surface area contributed by atoms with Crippen molar-refractivity contribution in [3.05, 3.63) is 63.1 Å². The van der Waals surface area contributed by atoms with E-state index in [-0.39, 0.29) is 5.69 Å². The fourth-order valence-electron chi connectivity index (χ4n) is 1.81. The van der Waals surface area contributed by atoms with Gasteiger partial charge in [-0.05, 0) is 30.7 Å². The largest absolute Gasteiger partial charge is 0.494 e. The number of hydrogen-bond donors (Lipinski definition) is 1. The van der Waals surface area contributed by atoms with Crippen LogP contribution in [0.2, 0.25) is 0 Å². The molecule has 0 bridgehead atoms. The van der Waals surface area contributed by atoms with Crippen molar-refractivity contribution in [2.24, 2.45) is 0 Å². The molecule has 0 aliphatic rings. The number of halogens is 1. The van der Waals surface area contributed by atoms with Gasteiger partial charge < -0.3 is 10.1 Å². The molecule has 0 atom stereocenters. The molecule has 0 heterocycles. The molecular formula is C15H15BrN2O3. The maximum atomic E-state index is 10.9. The van der Waals surface area contributed by atoms with Gasteiger partial charge in [0.2, 0.25) is 0 Å². The molecule has 21 heavy (non-hydrogen) atoms. The minimum Gasteiger partial charge on any atom is -0.494 e. The predicted molar refractivity (Wildman–Crippen MR) is 85.8 cm³/mol. The average molecular weight is 351 g/mol. The molecule has 0 aliphatic heterocycles. The van der Waals surface area contributed by atoms with Gasteiger partial charge in [0, 0.05) is 17.1 Å². The van der Waals surface area contributed by atoms with Gasteiger partial charge in [-0.2, -0.15) is 0 Å². The highest BCUT2D eigenvalue weighted by molar-refractivity contribution is 9.10. The number of para-hydroxylation sites is 1. The second-order valence-corrected chi connectivity index (χ2v) is 5.28. The summed E-state index contributed by atoms with van der Waals surface area (Å²) in [5.74, 6) is 0.825. The summed E-state index contributed by atoms with van der Waals surface area (Å²) in [6.07, 6.45) is 0.749. The molecule has 5 nitrogen and oxygen atoms in total. The molecule has 6 heteroatoms. The third kappa shape index (κ3) is 4.75. The molecular weight excluding hydrogens is 336 g/mol. The van der Waals surface area contributed by atoms with E-state index in [1.807, 2.05) is 30.3 Å². The van der Waals surface area contributed by atoms with Crippen molar-refractivity contribution >= 4 is 27.3 Å². The average Bonchev–Trinajstić information content (AvgIpc) is 2.48. The molecule has 2 aromatic carbocycles. The topological polar surface area (TPSA) is 64.4 Å². The molecule has 110 valence electrons. The lowest BCUT2D eigenvalue weighted by molar-refractivity contribution is -0.384. The SMILES string of the molecule is O=[N+]([O-])c1ccc(Br)cc1NCCCOc1ccccc1. The van der Waals surface area contributed by atoms with Crippen molar-refractivity contribution in [2.75, 3.05) is 18.5 Å². The summed E-state index contributed by atoms with van der Waals surface area (Å²) in [6, 6.07) is 14.4. The van der Waals surface area contributed by atoms with E-state index in [0.717, 1.165) is 16.6 Å². The van der Waals surface area contributed by atoms with Crippen molar-refractivity contribution in [1.82, 2.24) is 0 Å². The van der Waals surface area contributed by atoms with Gasteiger partial charge in [-0.1, -0.05) is 34.1 Å². The summed E-state index contributed by atoms with van der Waals surface area (Å²) in [7, 11) is 0. The molecule has 0 saturated carbocycles. The minimum absolute atomic E-state index is 0.0715. The van der Waals surface area contributed by atoms with Crippen LogP contribution >= 0.6 is 15.9 Å². The van der Waals surface area contributed by atoms with E-state index in [1.165, 1.54) is 6.07 Å². The fourth-order valence-corrected chi connectivity index (χ4v) is 2.17. The van der Waals surface area contributed by atoms with Gasteiger partial charge >= 0.3 is 0 Å². The van der Waals surface area contributed by atoms with Gasteiger partial charge in [0.15, 0.2) is 0 Å². The Balaban J connectivity index is 1.81. The Morgan fingerprint density at radius 3 is 2.67 bits per heavy atom. The monoisotopic (exact) mass is 350 g/mol. The summed E-state index contributed by atoms with van der Waals surface area (Å²) in [5, 5.41) is 14.0. The van der Waals surface area contributed by atoms with Crippen molar-refractivity contribution in [3.8, 4) is 5.75 Å². The van der Waals surface area contributed by atoms with Crippen LogP contribution in [-0.4, -0.2) is 18.1 Å². The first-order chi connectivity index (χ1) is 10.2.